The molecule has 0 saturated heterocycles. The highest BCUT2D eigenvalue weighted by Crippen LogP contribution is 2.16. The number of ether oxygens (including phenoxy) is 2. The number of rotatable bonds is 50. The standard InChI is InChI=1S/C63H104O5/c1-3-5-7-9-11-13-15-17-19-20-21-22-23-24-25-26-27-28-29-30-31-32-33-34-35-36-37-38-39-40-41-42-44-46-48-50-52-54-56-58-63(66)68-61(59-64)60-67-62(65)57-55-53-51-49-47-45-43-18-16-14-12-10-8-6-4-2/h5-8,11-14,17-19,21-22,24-25,43,47,49,53,55,61,64H,3-4,9-10,15-16,20,23,26-42,44-46,48,50-52,54,56-60H2,1-2H3/b7-5-,8-6-,13-11-,14-12-,19-17-,22-21-,25-24-,43-18-,49-47-,55-53-. The van der Waals surface area contributed by atoms with Gasteiger partial charge in [0.1, 0.15) is 6.61 Å². The zero-order chi connectivity index (χ0) is 49.2. The fraction of sp³-hybridized carbons (Fsp3) is 0.651. The number of esters is 2. The number of carbonyl (C=O) groups excluding carboxylic acids is 2. The van der Waals surface area contributed by atoms with E-state index in [1.165, 1.54) is 135 Å². The summed E-state index contributed by atoms with van der Waals surface area (Å²) in [6, 6.07) is 0. The summed E-state index contributed by atoms with van der Waals surface area (Å²) in [6.07, 6.45) is 85.0. The van der Waals surface area contributed by atoms with E-state index in [9.17, 15) is 14.7 Å². The Morgan fingerprint density at radius 3 is 0.956 bits per heavy atom. The average molecular weight is 942 g/mol. The lowest BCUT2D eigenvalue weighted by molar-refractivity contribution is -0.161. The fourth-order valence-electron chi connectivity index (χ4n) is 7.66. The van der Waals surface area contributed by atoms with E-state index in [1.807, 2.05) is 6.08 Å². The molecule has 5 heteroatoms. The van der Waals surface area contributed by atoms with Crippen molar-refractivity contribution in [3.05, 3.63) is 122 Å². The molecule has 5 nitrogen and oxygen atoms in total. The Morgan fingerprint density at radius 1 is 0.353 bits per heavy atom. The zero-order valence-corrected chi connectivity index (χ0v) is 44.1. The van der Waals surface area contributed by atoms with Gasteiger partial charge in [-0.3, -0.25) is 9.59 Å². The van der Waals surface area contributed by atoms with Gasteiger partial charge in [0.05, 0.1) is 13.0 Å². The predicted molar refractivity (Wildman–Crippen MR) is 297 cm³/mol. The van der Waals surface area contributed by atoms with Gasteiger partial charge in [-0.05, 0) is 83.5 Å². The highest BCUT2D eigenvalue weighted by atomic mass is 16.6. The third-order valence-corrected chi connectivity index (χ3v) is 11.8. The molecule has 1 N–H and O–H groups in total. The van der Waals surface area contributed by atoms with Gasteiger partial charge in [0.25, 0.3) is 0 Å². The lowest BCUT2D eigenvalue weighted by Gasteiger charge is -2.15. The first-order chi connectivity index (χ1) is 33.6. The normalized spacial score (nSPS) is 13.2. The van der Waals surface area contributed by atoms with Crippen molar-refractivity contribution in [1.29, 1.82) is 0 Å². The van der Waals surface area contributed by atoms with E-state index in [4.69, 9.17) is 9.47 Å². The van der Waals surface area contributed by atoms with Crippen LogP contribution in [0.5, 0.6) is 0 Å². The summed E-state index contributed by atoms with van der Waals surface area (Å²) in [7, 11) is 0. The first-order valence-corrected chi connectivity index (χ1v) is 28.1. The lowest BCUT2D eigenvalue weighted by Crippen LogP contribution is -2.28. The lowest BCUT2D eigenvalue weighted by atomic mass is 10.0. The summed E-state index contributed by atoms with van der Waals surface area (Å²) in [4.78, 5) is 24.4. The van der Waals surface area contributed by atoms with Crippen molar-refractivity contribution >= 4 is 11.9 Å². The molecule has 0 saturated carbocycles. The number of aliphatic hydroxyl groups excluding tert-OH is 1. The molecule has 0 aromatic rings. The molecule has 0 spiro atoms. The van der Waals surface area contributed by atoms with Crippen molar-refractivity contribution in [3.8, 4) is 0 Å². The predicted octanol–water partition coefficient (Wildman–Crippen LogP) is 19.1. The van der Waals surface area contributed by atoms with Crippen LogP contribution >= 0.6 is 0 Å². The molecule has 0 radical (unpaired) electrons. The molecule has 0 aliphatic rings. The number of aliphatic hydroxyl groups is 1. The summed E-state index contributed by atoms with van der Waals surface area (Å²) in [5.41, 5.74) is 0. The average Bonchev–Trinajstić information content (AvgIpc) is 3.34. The van der Waals surface area contributed by atoms with Gasteiger partial charge in [-0.2, -0.15) is 0 Å². The maximum atomic E-state index is 12.3. The molecular weight excluding hydrogens is 837 g/mol. The maximum absolute atomic E-state index is 12.3. The number of allylic oxidation sites excluding steroid dienone is 19. The summed E-state index contributed by atoms with van der Waals surface area (Å²) < 4.78 is 10.6. The first kappa shape index (κ1) is 64.3. The molecule has 0 aromatic carbocycles. The quantitative estimate of drug-likeness (QED) is 0.0374. The van der Waals surface area contributed by atoms with Crippen LogP contribution in [0.3, 0.4) is 0 Å². The van der Waals surface area contributed by atoms with Crippen molar-refractivity contribution in [1.82, 2.24) is 0 Å². The number of hydrogen-bond acceptors (Lipinski definition) is 5. The Balaban J connectivity index is 3.48. The smallest absolute Gasteiger partial charge is 0.309 e. The number of unbranched alkanes of at least 4 members (excludes halogenated alkanes) is 23. The molecular formula is C63H104O5. The van der Waals surface area contributed by atoms with Crippen LogP contribution in [0.2, 0.25) is 0 Å². The topological polar surface area (TPSA) is 72.8 Å². The van der Waals surface area contributed by atoms with Gasteiger partial charge in [-0.25, -0.2) is 0 Å². The Labute approximate surface area is 420 Å². The van der Waals surface area contributed by atoms with E-state index in [0.717, 1.165) is 83.5 Å². The van der Waals surface area contributed by atoms with Gasteiger partial charge in [0, 0.05) is 6.42 Å². The van der Waals surface area contributed by atoms with Crippen LogP contribution in [0.4, 0.5) is 0 Å². The highest BCUT2D eigenvalue weighted by Gasteiger charge is 2.15. The molecule has 0 heterocycles. The monoisotopic (exact) mass is 941 g/mol. The molecule has 1 atom stereocenters. The molecule has 0 fully saturated rings. The number of carbonyl (C=O) groups is 2. The van der Waals surface area contributed by atoms with E-state index < -0.39 is 12.1 Å². The third kappa shape index (κ3) is 54.9. The summed E-state index contributed by atoms with van der Waals surface area (Å²) in [6.45, 7) is 3.82. The van der Waals surface area contributed by atoms with E-state index >= 15 is 0 Å². The van der Waals surface area contributed by atoms with Gasteiger partial charge in [0.15, 0.2) is 6.10 Å². The molecule has 0 rings (SSSR count). The molecule has 0 aliphatic heterocycles. The molecule has 0 aliphatic carbocycles. The van der Waals surface area contributed by atoms with Gasteiger partial charge < -0.3 is 14.6 Å². The van der Waals surface area contributed by atoms with E-state index in [-0.39, 0.29) is 25.6 Å². The minimum absolute atomic E-state index is 0.123. The van der Waals surface area contributed by atoms with Gasteiger partial charge in [0.2, 0.25) is 0 Å². The fourth-order valence-corrected chi connectivity index (χ4v) is 7.66. The molecule has 1 unspecified atom stereocenters. The molecule has 0 aromatic heterocycles. The van der Waals surface area contributed by atoms with Crippen LogP contribution < -0.4 is 0 Å². The Bertz CT molecular complexity index is 1390. The van der Waals surface area contributed by atoms with Crippen molar-refractivity contribution in [2.24, 2.45) is 0 Å². The van der Waals surface area contributed by atoms with E-state index in [0.29, 0.717) is 6.42 Å². The Hall–Kier alpha value is -3.70. The van der Waals surface area contributed by atoms with E-state index in [1.54, 1.807) is 6.08 Å². The van der Waals surface area contributed by atoms with Crippen molar-refractivity contribution in [2.45, 2.75) is 251 Å². The largest absolute Gasteiger partial charge is 0.461 e. The van der Waals surface area contributed by atoms with Crippen LogP contribution in [0.1, 0.15) is 245 Å². The minimum atomic E-state index is -0.817. The second-order valence-corrected chi connectivity index (χ2v) is 18.3. The second-order valence-electron chi connectivity index (χ2n) is 18.3. The molecule has 386 valence electrons. The Morgan fingerprint density at radius 2 is 0.632 bits per heavy atom. The van der Waals surface area contributed by atoms with Crippen LogP contribution in [0, 0.1) is 0 Å². The van der Waals surface area contributed by atoms with Crippen molar-refractivity contribution < 1.29 is 24.2 Å². The minimum Gasteiger partial charge on any atom is -0.461 e. The summed E-state index contributed by atoms with van der Waals surface area (Å²) in [5, 5.41) is 9.61. The van der Waals surface area contributed by atoms with Gasteiger partial charge >= 0.3 is 11.9 Å². The maximum Gasteiger partial charge on any atom is 0.309 e. The van der Waals surface area contributed by atoms with Crippen LogP contribution in [-0.2, 0) is 19.1 Å². The van der Waals surface area contributed by atoms with Crippen molar-refractivity contribution in [3.63, 3.8) is 0 Å². The van der Waals surface area contributed by atoms with Crippen LogP contribution in [0.25, 0.3) is 0 Å². The SMILES string of the molecule is CC/C=C\C/C=C\C/C=C\C/C=C\C/C=C\CCCCCCCCCCCCCCCCCCCCCCCCCC(=O)OC(CO)COC(=O)C/C=C\C/C=C\C/C=C\C/C=C\C/C=C\CC. The molecule has 68 heavy (non-hydrogen) atoms. The third-order valence-electron chi connectivity index (χ3n) is 11.8. The van der Waals surface area contributed by atoms with E-state index in [2.05, 4.69) is 123 Å². The zero-order valence-electron chi connectivity index (χ0n) is 44.1. The number of hydrogen-bond donors (Lipinski definition) is 1. The molecule has 0 bridgehead atoms. The summed E-state index contributed by atoms with van der Waals surface area (Å²) >= 11 is 0. The molecule has 0 amide bonds. The highest BCUT2D eigenvalue weighted by molar-refractivity contribution is 5.71. The van der Waals surface area contributed by atoms with Gasteiger partial charge in [-0.1, -0.05) is 270 Å². The second kappa shape index (κ2) is 57.6. The summed E-state index contributed by atoms with van der Waals surface area (Å²) in [5.74, 6) is -0.737. The Kier molecular flexibility index (Phi) is 54.5. The van der Waals surface area contributed by atoms with Crippen LogP contribution in [0.15, 0.2) is 122 Å². The van der Waals surface area contributed by atoms with Gasteiger partial charge in [-0.15, -0.1) is 0 Å². The first-order valence-electron chi connectivity index (χ1n) is 28.1. The van der Waals surface area contributed by atoms with Crippen molar-refractivity contribution in [2.75, 3.05) is 13.2 Å². The van der Waals surface area contributed by atoms with Crippen LogP contribution in [-0.4, -0.2) is 36.4 Å².